The maximum atomic E-state index is 12.5. The topological polar surface area (TPSA) is 110 Å². The lowest BCUT2D eigenvalue weighted by Gasteiger charge is -2.15. The fraction of sp³-hybridized carbons (Fsp3) is 0.350. The van der Waals surface area contributed by atoms with Gasteiger partial charge in [0.1, 0.15) is 22.5 Å². The molecule has 4 N–H and O–H groups in total. The van der Waals surface area contributed by atoms with Gasteiger partial charge in [-0.05, 0) is 25.0 Å². The van der Waals surface area contributed by atoms with Crippen LogP contribution >= 0.6 is 11.3 Å². The number of anilines is 2. The van der Waals surface area contributed by atoms with Gasteiger partial charge in [-0.2, -0.15) is 5.26 Å². The van der Waals surface area contributed by atoms with Crippen LogP contribution in [0.2, 0.25) is 0 Å². The first-order chi connectivity index (χ1) is 13.4. The molecule has 28 heavy (non-hydrogen) atoms. The standard InChI is InChI=1S/C20H24N4O3S/c1-4-13-8-6-7-9-16(13)23-17(25)12-24(3)11-15-14(10-21)19(22)28-18(15)20(26)27-5-2/h6-9H,4-5,11-12,22H2,1-3H3,(H,23,25)/p+1. The van der Waals surface area contributed by atoms with E-state index in [1.54, 1.807) is 6.92 Å². The van der Waals surface area contributed by atoms with E-state index in [-0.39, 0.29) is 29.6 Å². The molecule has 0 saturated heterocycles. The number of carbonyl (C=O) groups is 2. The third kappa shape index (κ3) is 5.09. The Hall–Kier alpha value is -2.89. The fourth-order valence-electron chi connectivity index (χ4n) is 2.92. The summed E-state index contributed by atoms with van der Waals surface area (Å²) in [4.78, 5) is 25.8. The van der Waals surface area contributed by atoms with Gasteiger partial charge in [0.25, 0.3) is 5.91 Å². The Morgan fingerprint density at radius 2 is 2.04 bits per heavy atom. The van der Waals surface area contributed by atoms with Crippen molar-refractivity contribution >= 4 is 33.9 Å². The number of thiophene rings is 1. The van der Waals surface area contributed by atoms with E-state index in [4.69, 9.17) is 10.5 Å². The summed E-state index contributed by atoms with van der Waals surface area (Å²) in [6.45, 7) is 4.48. The number of esters is 1. The number of carbonyl (C=O) groups excluding carboxylic acids is 2. The predicted octanol–water partition coefficient (Wildman–Crippen LogP) is 1.59. The molecule has 0 fully saturated rings. The number of quaternary nitrogens is 1. The number of nitrogens with two attached hydrogens (primary N) is 1. The highest BCUT2D eigenvalue weighted by Crippen LogP contribution is 2.30. The Bertz CT molecular complexity index is 901. The summed E-state index contributed by atoms with van der Waals surface area (Å²) in [6, 6.07) is 9.73. The van der Waals surface area contributed by atoms with E-state index in [2.05, 4.69) is 11.4 Å². The summed E-state index contributed by atoms with van der Waals surface area (Å²) >= 11 is 1.05. The smallest absolute Gasteiger partial charge is 0.348 e. The van der Waals surface area contributed by atoms with Crippen molar-refractivity contribution in [2.75, 3.05) is 31.2 Å². The number of benzene rings is 1. The summed E-state index contributed by atoms with van der Waals surface area (Å²) in [6.07, 6.45) is 0.821. The quantitative estimate of drug-likeness (QED) is 0.582. The van der Waals surface area contributed by atoms with Crippen LogP contribution in [-0.4, -0.2) is 32.1 Å². The molecular weight excluding hydrogens is 376 g/mol. The molecule has 0 aliphatic rings. The van der Waals surface area contributed by atoms with Gasteiger partial charge in [-0.3, -0.25) is 4.79 Å². The minimum absolute atomic E-state index is 0.141. The van der Waals surface area contributed by atoms with Crippen molar-refractivity contribution in [1.29, 1.82) is 5.26 Å². The first kappa shape index (κ1) is 21.4. The van der Waals surface area contributed by atoms with E-state index in [1.807, 2.05) is 38.2 Å². The Kier molecular flexibility index (Phi) is 7.55. The number of hydrogen-bond donors (Lipinski definition) is 3. The monoisotopic (exact) mass is 401 g/mol. The molecule has 0 aliphatic carbocycles. The van der Waals surface area contributed by atoms with Gasteiger partial charge < -0.3 is 20.7 Å². The average molecular weight is 402 g/mol. The number of para-hydroxylation sites is 1. The molecule has 1 aromatic heterocycles. The minimum Gasteiger partial charge on any atom is -0.462 e. The Labute approximate surface area is 168 Å². The summed E-state index contributed by atoms with van der Waals surface area (Å²) in [5.41, 5.74) is 8.57. The van der Waals surface area contributed by atoms with Gasteiger partial charge in [0.05, 0.1) is 24.8 Å². The van der Waals surface area contributed by atoms with Crippen molar-refractivity contribution in [3.63, 3.8) is 0 Å². The lowest BCUT2D eigenvalue weighted by molar-refractivity contribution is -0.885. The number of aryl methyl sites for hydroxylation is 1. The molecular formula is C20H25N4O3S+. The predicted molar refractivity (Wildman–Crippen MR) is 109 cm³/mol. The van der Waals surface area contributed by atoms with Crippen molar-refractivity contribution in [2.24, 2.45) is 0 Å². The van der Waals surface area contributed by atoms with Gasteiger partial charge in [0.15, 0.2) is 6.54 Å². The van der Waals surface area contributed by atoms with Gasteiger partial charge in [0.2, 0.25) is 0 Å². The molecule has 0 bridgehead atoms. The van der Waals surface area contributed by atoms with Crippen LogP contribution in [0.25, 0.3) is 0 Å². The first-order valence-corrected chi connectivity index (χ1v) is 9.90. The molecule has 0 radical (unpaired) electrons. The number of amides is 1. The molecule has 1 heterocycles. The van der Waals surface area contributed by atoms with Crippen LogP contribution in [0, 0.1) is 11.3 Å². The molecule has 1 aromatic carbocycles. The van der Waals surface area contributed by atoms with E-state index in [0.717, 1.165) is 33.9 Å². The summed E-state index contributed by atoms with van der Waals surface area (Å²) in [5.74, 6) is -0.636. The Balaban J connectivity index is 2.12. The molecule has 1 amide bonds. The highest BCUT2D eigenvalue weighted by atomic mass is 32.1. The maximum absolute atomic E-state index is 12.5. The van der Waals surface area contributed by atoms with Crippen LogP contribution in [-0.2, 0) is 22.5 Å². The lowest BCUT2D eigenvalue weighted by Crippen LogP contribution is -3.08. The van der Waals surface area contributed by atoms with Gasteiger partial charge in [0, 0.05) is 5.69 Å². The number of rotatable bonds is 8. The SMILES string of the molecule is CCOC(=O)c1sc(N)c(C#N)c1C[NH+](C)CC(=O)Nc1ccccc1CC. The average Bonchev–Trinajstić information content (AvgIpc) is 2.97. The van der Waals surface area contributed by atoms with Crippen LogP contribution in [0.4, 0.5) is 10.7 Å². The summed E-state index contributed by atoms with van der Waals surface area (Å²) in [5, 5.41) is 12.6. The number of nitrogens with zero attached hydrogens (tertiary/aromatic N) is 1. The van der Waals surface area contributed by atoms with E-state index in [9.17, 15) is 14.9 Å². The highest BCUT2D eigenvalue weighted by molar-refractivity contribution is 7.18. The number of likely N-dealkylation sites (N-methyl/N-ethyl adjacent to an activating group) is 1. The van der Waals surface area contributed by atoms with Gasteiger partial charge in [-0.25, -0.2) is 4.79 Å². The van der Waals surface area contributed by atoms with Crippen molar-refractivity contribution in [2.45, 2.75) is 26.8 Å². The van der Waals surface area contributed by atoms with E-state index < -0.39 is 5.97 Å². The molecule has 2 aromatic rings. The van der Waals surface area contributed by atoms with Crippen molar-refractivity contribution in [3.05, 3.63) is 45.8 Å². The number of ether oxygens (including phenoxy) is 1. The second-order valence-corrected chi connectivity index (χ2v) is 7.40. The zero-order chi connectivity index (χ0) is 20.7. The number of hydrogen-bond acceptors (Lipinski definition) is 6. The van der Waals surface area contributed by atoms with E-state index in [0.29, 0.717) is 17.0 Å². The largest absolute Gasteiger partial charge is 0.462 e. The molecule has 0 saturated carbocycles. The molecule has 7 nitrogen and oxygen atoms in total. The molecule has 0 spiro atoms. The summed E-state index contributed by atoms with van der Waals surface area (Å²) in [7, 11) is 1.83. The van der Waals surface area contributed by atoms with Crippen LogP contribution < -0.4 is 16.0 Å². The zero-order valence-electron chi connectivity index (χ0n) is 16.3. The minimum atomic E-state index is -0.496. The zero-order valence-corrected chi connectivity index (χ0v) is 17.1. The fourth-order valence-corrected chi connectivity index (χ4v) is 3.85. The second-order valence-electron chi connectivity index (χ2n) is 6.35. The third-order valence-corrected chi connectivity index (χ3v) is 5.26. The van der Waals surface area contributed by atoms with Crippen molar-refractivity contribution in [3.8, 4) is 6.07 Å². The number of nitriles is 1. The van der Waals surface area contributed by atoms with Crippen LogP contribution in [0.1, 0.15) is 40.2 Å². The third-order valence-electron chi connectivity index (χ3n) is 4.22. The number of nitrogen functional groups attached to an aromatic ring is 1. The molecule has 1 atom stereocenters. The van der Waals surface area contributed by atoms with Crippen molar-refractivity contribution < 1.29 is 19.2 Å². The van der Waals surface area contributed by atoms with E-state index >= 15 is 0 Å². The number of nitrogens with one attached hydrogen (secondary N) is 2. The summed E-state index contributed by atoms with van der Waals surface area (Å²) < 4.78 is 5.07. The van der Waals surface area contributed by atoms with Gasteiger partial charge in [-0.1, -0.05) is 25.1 Å². The molecule has 1 unspecified atom stereocenters. The molecule has 2 rings (SSSR count). The van der Waals surface area contributed by atoms with Crippen molar-refractivity contribution in [1.82, 2.24) is 0 Å². The van der Waals surface area contributed by atoms with Crippen LogP contribution in [0.15, 0.2) is 24.3 Å². The molecule has 0 aliphatic heterocycles. The van der Waals surface area contributed by atoms with Crippen LogP contribution in [0.3, 0.4) is 0 Å². The Morgan fingerprint density at radius 1 is 1.32 bits per heavy atom. The highest BCUT2D eigenvalue weighted by Gasteiger charge is 2.26. The van der Waals surface area contributed by atoms with Gasteiger partial charge in [-0.15, -0.1) is 11.3 Å². The molecule has 148 valence electrons. The first-order valence-electron chi connectivity index (χ1n) is 9.08. The van der Waals surface area contributed by atoms with Crippen LogP contribution in [0.5, 0.6) is 0 Å². The second kappa shape index (κ2) is 9.88. The van der Waals surface area contributed by atoms with E-state index in [1.165, 1.54) is 0 Å². The normalized spacial score (nSPS) is 11.5. The maximum Gasteiger partial charge on any atom is 0.348 e. The lowest BCUT2D eigenvalue weighted by atomic mass is 10.1. The van der Waals surface area contributed by atoms with Gasteiger partial charge >= 0.3 is 5.97 Å². The molecule has 8 heteroatoms. The Morgan fingerprint density at radius 3 is 2.68 bits per heavy atom.